The summed E-state index contributed by atoms with van der Waals surface area (Å²) in [5, 5.41) is 2.93. The maximum atomic E-state index is 12.5. The van der Waals surface area contributed by atoms with Crippen LogP contribution in [-0.2, 0) is 4.79 Å². The minimum Gasteiger partial charge on any atom is -0.367 e. The number of rotatable bonds is 3. The molecule has 0 bridgehead atoms. The fraction of sp³-hybridized carbons (Fsp3) is 0.316. The summed E-state index contributed by atoms with van der Waals surface area (Å²) in [4.78, 5) is 32.1. The Hall–Kier alpha value is -2.89. The van der Waals surface area contributed by atoms with Gasteiger partial charge in [-0.15, -0.1) is 0 Å². The highest BCUT2D eigenvalue weighted by molar-refractivity contribution is 6.04. The molecule has 2 aromatic rings. The second-order valence-electron chi connectivity index (χ2n) is 6.19. The third-order valence-electron chi connectivity index (χ3n) is 4.47. The number of aromatic nitrogens is 1. The van der Waals surface area contributed by atoms with Crippen LogP contribution in [0.5, 0.6) is 0 Å². The summed E-state index contributed by atoms with van der Waals surface area (Å²) in [6.07, 6.45) is 3.33. The largest absolute Gasteiger partial charge is 0.367 e. The van der Waals surface area contributed by atoms with Crippen molar-refractivity contribution in [1.82, 2.24) is 9.88 Å². The topological polar surface area (TPSA) is 65.5 Å². The van der Waals surface area contributed by atoms with Crippen LogP contribution in [0, 0.1) is 6.92 Å². The van der Waals surface area contributed by atoms with Gasteiger partial charge in [0.2, 0.25) is 5.91 Å². The Morgan fingerprint density at radius 2 is 1.80 bits per heavy atom. The molecule has 1 aromatic heterocycles. The van der Waals surface area contributed by atoms with Gasteiger partial charge in [-0.1, -0.05) is 18.2 Å². The number of hydrogen-bond donors (Lipinski definition) is 1. The van der Waals surface area contributed by atoms with Gasteiger partial charge in [0.05, 0.1) is 17.4 Å². The molecule has 1 aliphatic rings. The minimum absolute atomic E-state index is 0.101. The van der Waals surface area contributed by atoms with Gasteiger partial charge >= 0.3 is 0 Å². The van der Waals surface area contributed by atoms with Crippen molar-refractivity contribution >= 4 is 23.2 Å². The molecule has 1 fully saturated rings. The second kappa shape index (κ2) is 7.34. The van der Waals surface area contributed by atoms with Crippen LogP contribution in [-0.4, -0.2) is 47.9 Å². The second-order valence-corrected chi connectivity index (χ2v) is 6.19. The Kier molecular flexibility index (Phi) is 4.97. The number of piperazine rings is 1. The monoisotopic (exact) mass is 338 g/mol. The van der Waals surface area contributed by atoms with Gasteiger partial charge < -0.3 is 15.1 Å². The van der Waals surface area contributed by atoms with E-state index in [2.05, 4.69) is 15.2 Å². The molecule has 0 spiro atoms. The molecule has 1 N–H and O–H groups in total. The molecule has 0 radical (unpaired) electrons. The molecule has 0 unspecified atom stereocenters. The zero-order chi connectivity index (χ0) is 17.8. The van der Waals surface area contributed by atoms with Gasteiger partial charge in [0, 0.05) is 45.0 Å². The summed E-state index contributed by atoms with van der Waals surface area (Å²) >= 11 is 0. The van der Waals surface area contributed by atoms with E-state index >= 15 is 0 Å². The Morgan fingerprint density at radius 3 is 2.48 bits per heavy atom. The van der Waals surface area contributed by atoms with Crippen molar-refractivity contribution in [3.05, 3.63) is 53.9 Å². The Labute approximate surface area is 147 Å². The maximum Gasteiger partial charge on any atom is 0.257 e. The number of aryl methyl sites for hydroxylation is 1. The molecule has 1 aliphatic heterocycles. The number of carbonyl (C=O) groups is 2. The fourth-order valence-corrected chi connectivity index (χ4v) is 2.91. The molecule has 2 heterocycles. The van der Waals surface area contributed by atoms with E-state index in [4.69, 9.17) is 0 Å². The molecule has 2 amide bonds. The average Bonchev–Trinajstić information content (AvgIpc) is 2.64. The van der Waals surface area contributed by atoms with Gasteiger partial charge in [0.25, 0.3) is 5.91 Å². The Bertz CT molecular complexity index is 782. The van der Waals surface area contributed by atoms with E-state index in [1.165, 1.54) is 0 Å². The van der Waals surface area contributed by atoms with E-state index in [1.807, 2.05) is 42.2 Å². The minimum atomic E-state index is -0.175. The van der Waals surface area contributed by atoms with E-state index in [0.29, 0.717) is 18.7 Å². The summed E-state index contributed by atoms with van der Waals surface area (Å²) in [5.41, 5.74) is 3.24. The number of nitrogens with one attached hydrogen (secondary N) is 1. The first kappa shape index (κ1) is 17.0. The summed E-state index contributed by atoms with van der Waals surface area (Å²) in [6.45, 7) is 6.41. The Balaban J connectivity index is 1.70. The third kappa shape index (κ3) is 3.96. The van der Waals surface area contributed by atoms with Crippen molar-refractivity contribution in [3.8, 4) is 0 Å². The molecule has 1 saturated heterocycles. The van der Waals surface area contributed by atoms with E-state index < -0.39 is 0 Å². The van der Waals surface area contributed by atoms with Crippen LogP contribution in [0.3, 0.4) is 0 Å². The smallest absolute Gasteiger partial charge is 0.257 e. The van der Waals surface area contributed by atoms with Crippen LogP contribution in [0.2, 0.25) is 0 Å². The quantitative estimate of drug-likeness (QED) is 0.933. The number of benzene rings is 1. The van der Waals surface area contributed by atoms with Crippen LogP contribution in [0.15, 0.2) is 42.7 Å². The molecule has 3 rings (SSSR count). The summed E-state index contributed by atoms with van der Waals surface area (Å²) in [6, 6.07) is 9.52. The number of anilines is 2. The lowest BCUT2D eigenvalue weighted by Gasteiger charge is -2.35. The first-order valence-corrected chi connectivity index (χ1v) is 8.37. The molecule has 6 heteroatoms. The molecule has 130 valence electrons. The standard InChI is InChI=1S/C19H22N4O2/c1-14-5-3-4-6-18(14)21-19(25)16-11-17(13-20-12-16)23-9-7-22(8-10-23)15(2)24/h3-6,11-13H,7-10H2,1-2H3,(H,21,25). The van der Waals surface area contributed by atoms with Crippen LogP contribution < -0.4 is 10.2 Å². The van der Waals surface area contributed by atoms with Gasteiger partial charge in [0.15, 0.2) is 0 Å². The van der Waals surface area contributed by atoms with Gasteiger partial charge in [0.1, 0.15) is 0 Å². The molecule has 1 aromatic carbocycles. The van der Waals surface area contributed by atoms with Crippen LogP contribution in [0.1, 0.15) is 22.8 Å². The number of amides is 2. The summed E-state index contributed by atoms with van der Waals surface area (Å²) < 4.78 is 0. The first-order chi connectivity index (χ1) is 12.0. The van der Waals surface area contributed by atoms with E-state index in [9.17, 15) is 9.59 Å². The molecular weight excluding hydrogens is 316 g/mol. The van der Waals surface area contributed by atoms with Gasteiger partial charge in [-0.05, 0) is 24.6 Å². The molecule has 6 nitrogen and oxygen atoms in total. The zero-order valence-electron chi connectivity index (χ0n) is 14.5. The van der Waals surface area contributed by atoms with Gasteiger partial charge in [-0.2, -0.15) is 0 Å². The molecule has 0 saturated carbocycles. The van der Waals surface area contributed by atoms with Crippen molar-refractivity contribution in [2.75, 3.05) is 36.4 Å². The van der Waals surface area contributed by atoms with E-state index in [1.54, 1.807) is 19.3 Å². The SMILES string of the molecule is CC(=O)N1CCN(c2cncc(C(=O)Nc3ccccc3C)c2)CC1. The fourth-order valence-electron chi connectivity index (χ4n) is 2.91. The van der Waals surface area contributed by atoms with Crippen molar-refractivity contribution < 1.29 is 9.59 Å². The van der Waals surface area contributed by atoms with Gasteiger partial charge in [-0.3, -0.25) is 14.6 Å². The predicted molar refractivity (Wildman–Crippen MR) is 97.8 cm³/mol. The van der Waals surface area contributed by atoms with Crippen LogP contribution in [0.4, 0.5) is 11.4 Å². The van der Waals surface area contributed by atoms with Crippen molar-refractivity contribution in [2.24, 2.45) is 0 Å². The Morgan fingerprint density at radius 1 is 1.08 bits per heavy atom. The molecule has 0 atom stereocenters. The highest BCUT2D eigenvalue weighted by atomic mass is 16.2. The lowest BCUT2D eigenvalue weighted by Crippen LogP contribution is -2.48. The van der Waals surface area contributed by atoms with Gasteiger partial charge in [-0.25, -0.2) is 0 Å². The van der Waals surface area contributed by atoms with E-state index in [0.717, 1.165) is 30.0 Å². The highest BCUT2D eigenvalue weighted by Gasteiger charge is 2.20. The average molecular weight is 338 g/mol. The number of carbonyl (C=O) groups excluding carboxylic acids is 2. The van der Waals surface area contributed by atoms with Crippen molar-refractivity contribution in [1.29, 1.82) is 0 Å². The van der Waals surface area contributed by atoms with Crippen molar-refractivity contribution in [2.45, 2.75) is 13.8 Å². The number of pyridine rings is 1. The molecule has 0 aliphatic carbocycles. The molecular formula is C19H22N4O2. The van der Waals surface area contributed by atoms with Crippen LogP contribution >= 0.6 is 0 Å². The lowest BCUT2D eigenvalue weighted by molar-refractivity contribution is -0.129. The third-order valence-corrected chi connectivity index (χ3v) is 4.47. The number of hydrogen-bond acceptors (Lipinski definition) is 4. The van der Waals surface area contributed by atoms with Crippen molar-refractivity contribution in [3.63, 3.8) is 0 Å². The summed E-state index contributed by atoms with van der Waals surface area (Å²) in [7, 11) is 0. The lowest BCUT2D eigenvalue weighted by atomic mass is 10.1. The summed E-state index contributed by atoms with van der Waals surface area (Å²) in [5.74, 6) is -0.0739. The predicted octanol–water partition coefficient (Wildman–Crippen LogP) is 2.31. The van der Waals surface area contributed by atoms with Crippen LogP contribution in [0.25, 0.3) is 0 Å². The number of nitrogens with zero attached hydrogens (tertiary/aromatic N) is 3. The zero-order valence-corrected chi connectivity index (χ0v) is 14.5. The van der Waals surface area contributed by atoms with E-state index in [-0.39, 0.29) is 11.8 Å². The first-order valence-electron chi connectivity index (χ1n) is 8.37. The maximum absolute atomic E-state index is 12.5. The normalized spacial score (nSPS) is 14.3. The number of para-hydroxylation sites is 1. The molecule has 25 heavy (non-hydrogen) atoms. The highest BCUT2D eigenvalue weighted by Crippen LogP contribution is 2.19.